The molecule has 0 unspecified atom stereocenters. The van der Waals surface area contributed by atoms with Gasteiger partial charge in [0, 0.05) is 54.2 Å². The number of hydrogen-bond donors (Lipinski definition) is 1. The minimum Gasteiger partial charge on any atom is -0.482 e. The molecule has 0 amide bonds. The lowest BCUT2D eigenvalue weighted by Gasteiger charge is -2.66. The van der Waals surface area contributed by atoms with Gasteiger partial charge in [0.15, 0.2) is 0 Å². The molecule has 1 aromatic carbocycles. The Morgan fingerprint density at radius 2 is 1.81 bits per heavy atom. The predicted octanol–water partition coefficient (Wildman–Crippen LogP) is 5.70. The van der Waals surface area contributed by atoms with E-state index in [1.54, 1.807) is 55.7 Å². The summed E-state index contributed by atoms with van der Waals surface area (Å²) in [6.07, 6.45) is 1.13. The number of aliphatic hydroxyl groups excluding tert-OH is 1. The SMILES string of the molecule is CC(=O)OC[C@@]1(C)[C@@H]2C[C@H](OC(=O)c3cccc(Cl)c3)[C@@]3(C)Oc4cc(-c5cccnc5)oc(=O)c4[C@H](O)[C@@H]3[C@@]2(C)CC[C@@H]1OC(C)=O. The normalized spacial score (nSPS) is 32.0. The highest BCUT2D eigenvalue weighted by molar-refractivity contribution is 6.30. The summed E-state index contributed by atoms with van der Waals surface area (Å²) in [5.74, 6) is -2.63. The molecule has 48 heavy (non-hydrogen) atoms. The van der Waals surface area contributed by atoms with E-state index in [0.717, 1.165) is 0 Å². The highest BCUT2D eigenvalue weighted by atomic mass is 35.5. The summed E-state index contributed by atoms with van der Waals surface area (Å²) in [6.45, 7) is 8.18. The molecular formula is C36H38ClNO10. The average Bonchev–Trinajstić information content (AvgIpc) is 3.02. The van der Waals surface area contributed by atoms with Gasteiger partial charge in [-0.2, -0.15) is 0 Å². The number of pyridine rings is 1. The number of benzene rings is 1. The van der Waals surface area contributed by atoms with Gasteiger partial charge in [-0.1, -0.05) is 31.5 Å². The summed E-state index contributed by atoms with van der Waals surface area (Å²) in [5.41, 5.74) is -3.19. The van der Waals surface area contributed by atoms with Crippen LogP contribution >= 0.6 is 11.6 Å². The van der Waals surface area contributed by atoms with Crippen molar-refractivity contribution in [1.29, 1.82) is 0 Å². The Morgan fingerprint density at radius 3 is 2.48 bits per heavy atom. The van der Waals surface area contributed by atoms with Crippen molar-refractivity contribution in [2.45, 2.75) is 77.8 Å². The van der Waals surface area contributed by atoms with E-state index < -0.39 is 70.1 Å². The fourth-order valence-electron chi connectivity index (χ4n) is 8.65. The van der Waals surface area contributed by atoms with Crippen LogP contribution in [0.5, 0.6) is 5.75 Å². The number of aliphatic hydroxyl groups is 1. The second kappa shape index (κ2) is 12.3. The van der Waals surface area contributed by atoms with Crippen molar-refractivity contribution in [2.24, 2.45) is 22.7 Å². The minimum absolute atomic E-state index is 0.0456. The van der Waals surface area contributed by atoms with Crippen LogP contribution < -0.4 is 10.4 Å². The molecule has 1 N–H and O–H groups in total. The van der Waals surface area contributed by atoms with Crippen molar-refractivity contribution in [3.63, 3.8) is 0 Å². The second-order valence-electron chi connectivity index (χ2n) is 13.7. The van der Waals surface area contributed by atoms with Gasteiger partial charge in [-0.25, -0.2) is 9.59 Å². The molecule has 0 radical (unpaired) electrons. The van der Waals surface area contributed by atoms with E-state index in [2.05, 4.69) is 4.98 Å². The fraction of sp³-hybridized carbons (Fsp3) is 0.472. The molecule has 3 heterocycles. The third-order valence-electron chi connectivity index (χ3n) is 10.7. The Kier molecular flexibility index (Phi) is 8.66. The van der Waals surface area contributed by atoms with Crippen molar-refractivity contribution < 1.29 is 42.9 Å². The quantitative estimate of drug-likeness (QED) is 0.252. The molecule has 2 aromatic heterocycles. The molecule has 3 aliphatic rings. The molecule has 1 aliphatic heterocycles. The van der Waals surface area contributed by atoms with E-state index in [9.17, 15) is 24.3 Å². The molecule has 0 bridgehead atoms. The maximum atomic E-state index is 13.7. The molecule has 3 aromatic rings. The first-order valence-electron chi connectivity index (χ1n) is 15.9. The van der Waals surface area contributed by atoms with Crippen molar-refractivity contribution in [3.05, 3.63) is 81.4 Å². The van der Waals surface area contributed by atoms with E-state index in [0.29, 0.717) is 23.4 Å². The fourth-order valence-corrected chi connectivity index (χ4v) is 8.84. The molecule has 2 fully saturated rings. The number of ether oxygens (including phenoxy) is 4. The third kappa shape index (κ3) is 5.66. The van der Waals surface area contributed by atoms with Crippen LogP contribution in [0.15, 0.2) is 64.1 Å². The Hall–Kier alpha value is -4.22. The van der Waals surface area contributed by atoms with Crippen LogP contribution in [0, 0.1) is 22.7 Å². The zero-order chi connectivity index (χ0) is 34.6. The maximum absolute atomic E-state index is 13.7. The number of hydrogen-bond acceptors (Lipinski definition) is 11. The van der Waals surface area contributed by atoms with E-state index in [-0.39, 0.29) is 35.7 Å². The largest absolute Gasteiger partial charge is 0.482 e. The Labute approximate surface area is 282 Å². The van der Waals surface area contributed by atoms with E-state index in [1.807, 2.05) is 13.8 Å². The van der Waals surface area contributed by atoms with E-state index >= 15 is 0 Å². The second-order valence-corrected chi connectivity index (χ2v) is 14.2. The number of nitrogens with zero attached hydrogens (tertiary/aromatic N) is 1. The van der Waals surface area contributed by atoms with Gasteiger partial charge in [-0.05, 0) is 67.9 Å². The van der Waals surface area contributed by atoms with E-state index in [4.69, 9.17) is 35.0 Å². The first-order chi connectivity index (χ1) is 22.7. The first kappa shape index (κ1) is 33.7. The highest BCUT2D eigenvalue weighted by Gasteiger charge is 2.71. The number of carbonyl (C=O) groups excluding carboxylic acids is 3. The zero-order valence-corrected chi connectivity index (χ0v) is 28.1. The summed E-state index contributed by atoms with van der Waals surface area (Å²) in [6, 6.07) is 11.3. The molecule has 254 valence electrons. The molecule has 0 saturated heterocycles. The zero-order valence-electron chi connectivity index (χ0n) is 27.4. The lowest BCUT2D eigenvalue weighted by Crippen LogP contribution is -2.71. The van der Waals surface area contributed by atoms with Crippen molar-refractivity contribution >= 4 is 29.5 Å². The summed E-state index contributed by atoms with van der Waals surface area (Å²) in [5, 5.41) is 12.6. The topological polar surface area (TPSA) is 151 Å². The summed E-state index contributed by atoms with van der Waals surface area (Å²) in [4.78, 5) is 55.9. The van der Waals surface area contributed by atoms with Gasteiger partial charge in [0.2, 0.25) is 0 Å². The number of esters is 3. The summed E-state index contributed by atoms with van der Waals surface area (Å²) >= 11 is 6.20. The average molecular weight is 680 g/mol. The molecule has 12 heteroatoms. The molecule has 11 nitrogen and oxygen atoms in total. The molecule has 8 atom stereocenters. The maximum Gasteiger partial charge on any atom is 0.345 e. The van der Waals surface area contributed by atoms with Gasteiger partial charge in [0.05, 0.1) is 11.7 Å². The van der Waals surface area contributed by atoms with Crippen molar-refractivity contribution in [3.8, 4) is 17.1 Å². The van der Waals surface area contributed by atoms with Crippen molar-refractivity contribution in [2.75, 3.05) is 6.61 Å². The Balaban J connectivity index is 1.51. The first-order valence-corrected chi connectivity index (χ1v) is 16.3. The van der Waals surface area contributed by atoms with Gasteiger partial charge >= 0.3 is 23.5 Å². The van der Waals surface area contributed by atoms with Gasteiger partial charge in [0.1, 0.15) is 41.5 Å². The third-order valence-corrected chi connectivity index (χ3v) is 11.0. The van der Waals surface area contributed by atoms with Crippen LogP contribution in [0.4, 0.5) is 0 Å². The number of fused-ring (bicyclic) bond motifs is 4. The van der Waals surface area contributed by atoms with Crippen LogP contribution in [-0.4, -0.2) is 52.4 Å². The lowest BCUT2D eigenvalue weighted by atomic mass is 9.42. The van der Waals surface area contributed by atoms with E-state index in [1.165, 1.54) is 19.9 Å². The molecule has 0 spiro atoms. The van der Waals surface area contributed by atoms with Gasteiger partial charge in [-0.15, -0.1) is 0 Å². The Bertz CT molecular complexity index is 1810. The highest BCUT2D eigenvalue weighted by Crippen LogP contribution is 2.67. The number of aromatic nitrogens is 1. The standard InChI is InChI=1S/C36H38ClNO10/c1-19(39)44-18-35(4)26-16-28(47-32(42)21-8-6-10-23(37)14-21)36(5)31(34(26,3)12-11-27(35)45-20(2)40)30(41)29-25(48-36)15-24(46-33(29)43)22-9-7-13-38-17-22/h6-10,13-15,17,26-28,30-31,41H,11-12,16,18H2,1-5H3/t26-,27+,28+,30+,31-,34+,35+,36-/m1/s1. The van der Waals surface area contributed by atoms with Gasteiger partial charge in [0.25, 0.3) is 0 Å². The van der Waals surface area contributed by atoms with Crippen molar-refractivity contribution in [1.82, 2.24) is 4.98 Å². The molecular weight excluding hydrogens is 642 g/mol. The van der Waals surface area contributed by atoms with Crippen LogP contribution in [0.2, 0.25) is 5.02 Å². The van der Waals surface area contributed by atoms with Crippen LogP contribution in [0.1, 0.15) is 75.9 Å². The predicted molar refractivity (Wildman–Crippen MR) is 172 cm³/mol. The number of halogens is 1. The monoisotopic (exact) mass is 679 g/mol. The summed E-state index contributed by atoms with van der Waals surface area (Å²) < 4.78 is 30.2. The van der Waals surface area contributed by atoms with Crippen LogP contribution in [0.3, 0.4) is 0 Å². The number of carbonyl (C=O) groups is 3. The van der Waals surface area contributed by atoms with Crippen LogP contribution in [-0.2, 0) is 23.8 Å². The van der Waals surface area contributed by atoms with Gasteiger partial charge < -0.3 is 28.5 Å². The minimum atomic E-state index is -1.40. The molecule has 2 saturated carbocycles. The molecule has 6 rings (SSSR count). The lowest BCUT2D eigenvalue weighted by molar-refractivity contribution is -0.266. The van der Waals surface area contributed by atoms with Gasteiger partial charge in [-0.3, -0.25) is 14.6 Å². The smallest absolute Gasteiger partial charge is 0.345 e. The summed E-state index contributed by atoms with van der Waals surface area (Å²) in [7, 11) is 0. The Morgan fingerprint density at radius 1 is 1.04 bits per heavy atom. The van der Waals surface area contributed by atoms with Crippen LogP contribution in [0.25, 0.3) is 11.3 Å². The molecule has 2 aliphatic carbocycles. The number of rotatable bonds is 6.